The van der Waals surface area contributed by atoms with E-state index in [2.05, 4.69) is 29.1 Å². The van der Waals surface area contributed by atoms with Gasteiger partial charge < -0.3 is 9.63 Å². The van der Waals surface area contributed by atoms with E-state index in [1.54, 1.807) is 23.9 Å². The van der Waals surface area contributed by atoms with Crippen molar-refractivity contribution in [2.75, 3.05) is 0 Å². The number of hydrogen-bond donors (Lipinski definition) is 1. The summed E-state index contributed by atoms with van der Waals surface area (Å²) in [5, 5.41) is 17.5. The van der Waals surface area contributed by atoms with Gasteiger partial charge in [-0.3, -0.25) is 4.68 Å². The van der Waals surface area contributed by atoms with Crippen LogP contribution in [0.4, 0.5) is 0 Å². The Morgan fingerprint density at radius 1 is 1.39 bits per heavy atom. The zero-order valence-corrected chi connectivity index (χ0v) is 10.9. The van der Waals surface area contributed by atoms with Crippen LogP contribution in [-0.4, -0.2) is 25.0 Å². The predicted molar refractivity (Wildman–Crippen MR) is 64.8 cm³/mol. The van der Waals surface area contributed by atoms with E-state index in [1.807, 2.05) is 0 Å². The van der Waals surface area contributed by atoms with Gasteiger partial charge in [0.1, 0.15) is 6.54 Å². The molecule has 0 saturated carbocycles. The Morgan fingerprint density at radius 3 is 2.78 bits per heavy atom. The molecule has 1 atom stereocenters. The zero-order chi connectivity index (χ0) is 13.1. The first-order valence-electron chi connectivity index (χ1n) is 6.07. The monoisotopic (exact) mass is 250 g/mol. The summed E-state index contributed by atoms with van der Waals surface area (Å²) in [7, 11) is 0. The van der Waals surface area contributed by atoms with E-state index >= 15 is 0 Å². The Kier molecular flexibility index (Phi) is 3.76. The summed E-state index contributed by atoms with van der Waals surface area (Å²) < 4.78 is 6.84. The molecule has 0 bridgehead atoms. The van der Waals surface area contributed by atoms with Crippen LogP contribution in [0.15, 0.2) is 16.8 Å². The molecule has 2 rings (SSSR count). The van der Waals surface area contributed by atoms with E-state index in [9.17, 15) is 5.11 Å². The Bertz CT molecular complexity index is 502. The molecule has 0 spiro atoms. The summed E-state index contributed by atoms with van der Waals surface area (Å²) >= 11 is 0. The highest BCUT2D eigenvalue weighted by atomic mass is 16.5. The van der Waals surface area contributed by atoms with Gasteiger partial charge in [-0.15, -0.1) is 0 Å². The number of aliphatic hydroxyl groups excluding tert-OH is 1. The topological polar surface area (TPSA) is 77.0 Å². The number of hydrogen-bond acceptors (Lipinski definition) is 5. The molecule has 0 aromatic carbocycles. The fraction of sp³-hybridized carbons (Fsp3) is 0.583. The van der Waals surface area contributed by atoms with Crippen molar-refractivity contribution < 1.29 is 9.63 Å². The second kappa shape index (κ2) is 5.30. The number of aliphatic hydroxyl groups is 1. The van der Waals surface area contributed by atoms with E-state index in [0.29, 0.717) is 29.9 Å². The van der Waals surface area contributed by atoms with E-state index in [4.69, 9.17) is 4.52 Å². The SMILES string of the molecule is CC(C)Cc1nc(Cn2ccc(C(C)O)n2)no1. The molecule has 6 heteroatoms. The first-order chi connectivity index (χ1) is 8.54. The van der Waals surface area contributed by atoms with E-state index < -0.39 is 6.10 Å². The summed E-state index contributed by atoms with van der Waals surface area (Å²) in [6.07, 6.45) is 2.01. The lowest BCUT2D eigenvalue weighted by Gasteiger charge is -1.98. The molecule has 98 valence electrons. The first kappa shape index (κ1) is 12.8. The lowest BCUT2D eigenvalue weighted by Crippen LogP contribution is -2.04. The molecular formula is C12H18N4O2. The smallest absolute Gasteiger partial charge is 0.226 e. The summed E-state index contributed by atoms with van der Waals surface area (Å²) in [4.78, 5) is 4.30. The van der Waals surface area contributed by atoms with Gasteiger partial charge in [-0.2, -0.15) is 10.1 Å². The molecule has 0 amide bonds. The molecule has 0 aliphatic rings. The van der Waals surface area contributed by atoms with Crippen LogP contribution in [0.5, 0.6) is 0 Å². The van der Waals surface area contributed by atoms with Crippen LogP contribution in [0.2, 0.25) is 0 Å². The minimum Gasteiger partial charge on any atom is -0.387 e. The minimum atomic E-state index is -0.562. The molecule has 0 aliphatic heterocycles. The highest BCUT2D eigenvalue weighted by Crippen LogP contribution is 2.09. The van der Waals surface area contributed by atoms with Crippen molar-refractivity contribution in [1.29, 1.82) is 0 Å². The van der Waals surface area contributed by atoms with Gasteiger partial charge in [0.05, 0.1) is 11.8 Å². The molecule has 0 aliphatic carbocycles. The van der Waals surface area contributed by atoms with Crippen LogP contribution in [0.1, 0.15) is 44.3 Å². The first-order valence-corrected chi connectivity index (χ1v) is 6.07. The summed E-state index contributed by atoms with van der Waals surface area (Å²) in [6, 6.07) is 1.78. The second-order valence-corrected chi connectivity index (χ2v) is 4.82. The predicted octanol–water partition coefficient (Wildman–Crippen LogP) is 1.57. The molecule has 0 saturated heterocycles. The summed E-state index contributed by atoms with van der Waals surface area (Å²) in [6.45, 7) is 6.34. The Balaban J connectivity index is 2.02. The molecule has 18 heavy (non-hydrogen) atoms. The van der Waals surface area contributed by atoms with Crippen LogP contribution in [-0.2, 0) is 13.0 Å². The Morgan fingerprint density at radius 2 is 2.17 bits per heavy atom. The zero-order valence-electron chi connectivity index (χ0n) is 10.9. The van der Waals surface area contributed by atoms with Gasteiger partial charge in [0.2, 0.25) is 5.89 Å². The van der Waals surface area contributed by atoms with Crippen LogP contribution < -0.4 is 0 Å². The van der Waals surface area contributed by atoms with E-state index in [0.717, 1.165) is 6.42 Å². The van der Waals surface area contributed by atoms with Crippen molar-refractivity contribution in [3.63, 3.8) is 0 Å². The average molecular weight is 250 g/mol. The van der Waals surface area contributed by atoms with Crippen molar-refractivity contribution in [1.82, 2.24) is 19.9 Å². The van der Waals surface area contributed by atoms with Crippen LogP contribution in [0.3, 0.4) is 0 Å². The molecule has 1 N–H and O–H groups in total. The third-order valence-electron chi connectivity index (χ3n) is 2.49. The standard InChI is InChI=1S/C12H18N4O2/c1-8(2)6-12-13-11(15-18-12)7-16-5-4-10(14-16)9(3)17/h4-5,8-9,17H,6-7H2,1-3H3. The van der Waals surface area contributed by atoms with Crippen molar-refractivity contribution in [2.45, 2.75) is 39.8 Å². The van der Waals surface area contributed by atoms with Crippen LogP contribution in [0.25, 0.3) is 0 Å². The molecule has 2 aromatic heterocycles. The van der Waals surface area contributed by atoms with E-state index in [-0.39, 0.29) is 0 Å². The van der Waals surface area contributed by atoms with Gasteiger partial charge in [0, 0.05) is 12.6 Å². The van der Waals surface area contributed by atoms with Gasteiger partial charge >= 0.3 is 0 Å². The van der Waals surface area contributed by atoms with Gasteiger partial charge in [-0.1, -0.05) is 19.0 Å². The van der Waals surface area contributed by atoms with Crippen molar-refractivity contribution in [2.24, 2.45) is 5.92 Å². The number of aromatic nitrogens is 4. The minimum absolute atomic E-state index is 0.453. The normalized spacial score (nSPS) is 13.2. The largest absolute Gasteiger partial charge is 0.387 e. The van der Waals surface area contributed by atoms with Crippen molar-refractivity contribution in [3.05, 3.63) is 29.7 Å². The third-order valence-corrected chi connectivity index (χ3v) is 2.49. The van der Waals surface area contributed by atoms with Crippen LogP contribution in [0, 0.1) is 5.92 Å². The van der Waals surface area contributed by atoms with Gasteiger partial charge in [0.15, 0.2) is 5.82 Å². The fourth-order valence-electron chi connectivity index (χ4n) is 1.62. The van der Waals surface area contributed by atoms with Gasteiger partial charge in [-0.05, 0) is 18.9 Å². The molecule has 0 fully saturated rings. The second-order valence-electron chi connectivity index (χ2n) is 4.82. The molecular weight excluding hydrogens is 232 g/mol. The molecule has 2 heterocycles. The molecule has 1 unspecified atom stereocenters. The molecule has 0 radical (unpaired) electrons. The third kappa shape index (κ3) is 3.16. The summed E-state index contributed by atoms with van der Waals surface area (Å²) in [5.41, 5.74) is 0.640. The van der Waals surface area contributed by atoms with Gasteiger partial charge in [0.25, 0.3) is 0 Å². The lowest BCUT2D eigenvalue weighted by atomic mass is 10.1. The molecule has 6 nitrogen and oxygen atoms in total. The van der Waals surface area contributed by atoms with Crippen molar-refractivity contribution >= 4 is 0 Å². The average Bonchev–Trinajstić information content (AvgIpc) is 2.88. The maximum Gasteiger partial charge on any atom is 0.226 e. The number of nitrogens with zero attached hydrogens (tertiary/aromatic N) is 4. The van der Waals surface area contributed by atoms with Crippen molar-refractivity contribution in [3.8, 4) is 0 Å². The Hall–Kier alpha value is -1.69. The highest BCUT2D eigenvalue weighted by molar-refractivity contribution is 5.02. The molecule has 2 aromatic rings. The quantitative estimate of drug-likeness (QED) is 0.871. The lowest BCUT2D eigenvalue weighted by molar-refractivity contribution is 0.193. The van der Waals surface area contributed by atoms with E-state index in [1.165, 1.54) is 0 Å². The Labute approximate surface area is 106 Å². The van der Waals surface area contributed by atoms with Gasteiger partial charge in [-0.25, -0.2) is 0 Å². The summed E-state index contributed by atoms with van der Waals surface area (Å²) in [5.74, 6) is 1.75. The maximum atomic E-state index is 9.38. The fourth-order valence-corrected chi connectivity index (χ4v) is 1.62. The highest BCUT2D eigenvalue weighted by Gasteiger charge is 2.10. The number of rotatable bonds is 5. The van der Waals surface area contributed by atoms with Crippen LogP contribution >= 0.6 is 0 Å². The maximum absolute atomic E-state index is 9.38.